The molecule has 0 saturated carbocycles. The number of aromatic nitrogens is 2. The molecule has 1 saturated heterocycles. The van der Waals surface area contributed by atoms with E-state index in [9.17, 15) is 4.79 Å². The Balaban J connectivity index is 2.23. The molecule has 86 valence electrons. The molecule has 16 heavy (non-hydrogen) atoms. The van der Waals surface area contributed by atoms with Crippen molar-refractivity contribution in [2.75, 3.05) is 18.0 Å². The Bertz CT molecular complexity index is 371. The Morgan fingerprint density at radius 2 is 1.88 bits per heavy atom. The van der Waals surface area contributed by atoms with Crippen LogP contribution >= 0.6 is 0 Å². The van der Waals surface area contributed by atoms with Gasteiger partial charge in [-0.05, 0) is 25.8 Å². The summed E-state index contributed by atoms with van der Waals surface area (Å²) in [6.07, 6.45) is 5.73. The van der Waals surface area contributed by atoms with Crippen LogP contribution in [0.4, 0.5) is 5.95 Å². The Labute approximate surface area is 95.7 Å². The highest BCUT2D eigenvalue weighted by Gasteiger charge is 2.13. The second-order valence-corrected chi connectivity index (χ2v) is 4.25. The van der Waals surface area contributed by atoms with E-state index in [0.717, 1.165) is 25.1 Å². The summed E-state index contributed by atoms with van der Waals surface area (Å²) in [4.78, 5) is 21.6. The average molecular weight is 219 g/mol. The molecule has 2 heterocycles. The minimum Gasteiger partial charge on any atom is -0.341 e. The van der Waals surface area contributed by atoms with Gasteiger partial charge in [-0.25, -0.2) is 9.97 Å². The van der Waals surface area contributed by atoms with Crippen molar-refractivity contribution < 1.29 is 4.79 Å². The highest BCUT2D eigenvalue weighted by atomic mass is 16.1. The van der Waals surface area contributed by atoms with E-state index in [0.29, 0.717) is 11.6 Å². The van der Waals surface area contributed by atoms with Crippen LogP contribution in [0.25, 0.3) is 0 Å². The highest BCUT2D eigenvalue weighted by molar-refractivity contribution is 5.72. The Kier molecular flexibility index (Phi) is 3.49. The normalized spacial score (nSPS) is 16.9. The molecule has 1 aliphatic rings. The van der Waals surface area contributed by atoms with Gasteiger partial charge in [0.1, 0.15) is 5.69 Å². The molecule has 1 fully saturated rings. The Morgan fingerprint density at radius 3 is 2.50 bits per heavy atom. The molecule has 0 aromatic carbocycles. The van der Waals surface area contributed by atoms with Crippen LogP contribution in [0.3, 0.4) is 0 Å². The number of carbonyl (C=O) groups excluding carboxylic acids is 1. The first kappa shape index (κ1) is 11.0. The SMILES string of the molecule is Cc1cc(C=O)nc(N2CCCCCC2)n1. The van der Waals surface area contributed by atoms with Gasteiger partial charge < -0.3 is 4.90 Å². The van der Waals surface area contributed by atoms with Crippen molar-refractivity contribution in [3.8, 4) is 0 Å². The summed E-state index contributed by atoms with van der Waals surface area (Å²) in [6.45, 7) is 3.90. The van der Waals surface area contributed by atoms with E-state index in [-0.39, 0.29) is 0 Å². The molecule has 0 N–H and O–H groups in total. The molecule has 4 nitrogen and oxygen atoms in total. The molecular weight excluding hydrogens is 202 g/mol. The van der Waals surface area contributed by atoms with Crippen LogP contribution in [0.15, 0.2) is 6.07 Å². The lowest BCUT2D eigenvalue weighted by molar-refractivity contribution is 0.111. The number of rotatable bonds is 2. The monoisotopic (exact) mass is 219 g/mol. The Morgan fingerprint density at radius 1 is 1.19 bits per heavy atom. The summed E-state index contributed by atoms with van der Waals surface area (Å²) in [5.74, 6) is 0.712. The van der Waals surface area contributed by atoms with E-state index in [1.807, 2.05) is 6.92 Å². The molecule has 2 rings (SSSR count). The van der Waals surface area contributed by atoms with Gasteiger partial charge in [-0.2, -0.15) is 0 Å². The van der Waals surface area contributed by atoms with Crippen molar-refractivity contribution in [3.63, 3.8) is 0 Å². The number of anilines is 1. The number of hydrogen-bond acceptors (Lipinski definition) is 4. The molecule has 0 spiro atoms. The predicted octanol–water partition coefficient (Wildman–Crippen LogP) is 1.98. The van der Waals surface area contributed by atoms with Crippen molar-refractivity contribution in [3.05, 3.63) is 17.5 Å². The fourth-order valence-corrected chi connectivity index (χ4v) is 2.05. The number of carbonyl (C=O) groups is 1. The topological polar surface area (TPSA) is 46.1 Å². The van der Waals surface area contributed by atoms with E-state index in [4.69, 9.17) is 0 Å². The second kappa shape index (κ2) is 5.05. The number of hydrogen-bond donors (Lipinski definition) is 0. The van der Waals surface area contributed by atoms with E-state index in [1.165, 1.54) is 25.7 Å². The maximum absolute atomic E-state index is 10.8. The van der Waals surface area contributed by atoms with Crippen molar-refractivity contribution in [1.82, 2.24) is 9.97 Å². The van der Waals surface area contributed by atoms with Crippen molar-refractivity contribution in [1.29, 1.82) is 0 Å². The third-order valence-corrected chi connectivity index (χ3v) is 2.87. The molecule has 0 aliphatic carbocycles. The lowest BCUT2D eigenvalue weighted by atomic mass is 10.2. The molecule has 0 atom stereocenters. The zero-order valence-electron chi connectivity index (χ0n) is 9.65. The summed E-state index contributed by atoms with van der Waals surface area (Å²) >= 11 is 0. The van der Waals surface area contributed by atoms with Gasteiger partial charge in [0.2, 0.25) is 5.95 Å². The van der Waals surface area contributed by atoms with Crippen LogP contribution in [-0.4, -0.2) is 29.3 Å². The zero-order valence-corrected chi connectivity index (χ0v) is 9.65. The van der Waals surface area contributed by atoms with Crippen LogP contribution in [-0.2, 0) is 0 Å². The molecular formula is C12H17N3O. The van der Waals surface area contributed by atoms with Crippen LogP contribution in [0.1, 0.15) is 41.9 Å². The van der Waals surface area contributed by atoms with E-state index in [2.05, 4.69) is 14.9 Å². The van der Waals surface area contributed by atoms with Gasteiger partial charge in [-0.1, -0.05) is 12.8 Å². The van der Waals surface area contributed by atoms with Gasteiger partial charge >= 0.3 is 0 Å². The average Bonchev–Trinajstić information content (AvgIpc) is 2.56. The summed E-state index contributed by atoms with van der Waals surface area (Å²) < 4.78 is 0. The van der Waals surface area contributed by atoms with Crippen LogP contribution < -0.4 is 4.90 Å². The third kappa shape index (κ3) is 2.56. The fourth-order valence-electron chi connectivity index (χ4n) is 2.05. The quantitative estimate of drug-likeness (QED) is 0.713. The lowest BCUT2D eigenvalue weighted by Gasteiger charge is -2.20. The number of nitrogens with zero attached hydrogens (tertiary/aromatic N) is 3. The third-order valence-electron chi connectivity index (χ3n) is 2.87. The van der Waals surface area contributed by atoms with E-state index >= 15 is 0 Å². The van der Waals surface area contributed by atoms with Gasteiger partial charge in [-0.15, -0.1) is 0 Å². The van der Waals surface area contributed by atoms with Crippen LogP contribution in [0, 0.1) is 6.92 Å². The summed E-state index contributed by atoms with van der Waals surface area (Å²) in [5, 5.41) is 0. The molecule has 0 radical (unpaired) electrons. The van der Waals surface area contributed by atoms with Gasteiger partial charge in [0.15, 0.2) is 6.29 Å². The van der Waals surface area contributed by atoms with Crippen LogP contribution in [0.2, 0.25) is 0 Å². The minimum absolute atomic E-state index is 0.478. The molecule has 1 aromatic rings. The van der Waals surface area contributed by atoms with Gasteiger partial charge in [0.25, 0.3) is 0 Å². The van der Waals surface area contributed by atoms with Crippen LogP contribution in [0.5, 0.6) is 0 Å². The maximum Gasteiger partial charge on any atom is 0.226 e. The van der Waals surface area contributed by atoms with E-state index < -0.39 is 0 Å². The first-order valence-corrected chi connectivity index (χ1v) is 5.85. The minimum atomic E-state index is 0.478. The molecule has 0 bridgehead atoms. The van der Waals surface area contributed by atoms with Crippen molar-refractivity contribution >= 4 is 12.2 Å². The lowest BCUT2D eigenvalue weighted by Crippen LogP contribution is -2.26. The Hall–Kier alpha value is -1.45. The molecule has 0 amide bonds. The summed E-state index contributed by atoms with van der Waals surface area (Å²) in [6, 6.07) is 1.72. The highest BCUT2D eigenvalue weighted by Crippen LogP contribution is 2.16. The largest absolute Gasteiger partial charge is 0.341 e. The molecule has 0 unspecified atom stereocenters. The van der Waals surface area contributed by atoms with E-state index in [1.54, 1.807) is 6.07 Å². The second-order valence-electron chi connectivity index (χ2n) is 4.25. The molecule has 4 heteroatoms. The smallest absolute Gasteiger partial charge is 0.226 e. The summed E-state index contributed by atoms with van der Waals surface area (Å²) in [7, 11) is 0. The first-order chi connectivity index (χ1) is 7.79. The van der Waals surface area contributed by atoms with Crippen molar-refractivity contribution in [2.45, 2.75) is 32.6 Å². The zero-order chi connectivity index (χ0) is 11.4. The van der Waals surface area contributed by atoms with Gasteiger partial charge in [-0.3, -0.25) is 4.79 Å². The first-order valence-electron chi connectivity index (χ1n) is 5.85. The summed E-state index contributed by atoms with van der Waals surface area (Å²) in [5.41, 5.74) is 1.34. The number of aryl methyl sites for hydroxylation is 1. The van der Waals surface area contributed by atoms with Gasteiger partial charge in [0, 0.05) is 18.8 Å². The molecule has 1 aromatic heterocycles. The number of aldehydes is 1. The molecule has 1 aliphatic heterocycles. The predicted molar refractivity (Wildman–Crippen MR) is 62.8 cm³/mol. The standard InChI is InChI=1S/C12H17N3O/c1-10-8-11(9-16)14-12(13-10)15-6-4-2-3-5-7-15/h8-9H,2-7H2,1H3. The maximum atomic E-state index is 10.8. The fraction of sp³-hybridized carbons (Fsp3) is 0.583. The van der Waals surface area contributed by atoms with Gasteiger partial charge in [0.05, 0.1) is 0 Å². The van der Waals surface area contributed by atoms with Crippen molar-refractivity contribution in [2.24, 2.45) is 0 Å².